The Morgan fingerprint density at radius 2 is 2.06 bits per heavy atom. The molecule has 3 nitrogen and oxygen atoms in total. The SMILES string of the molecule is O=C1C=C(N2CCOCC2)CC2=C1CC=C2CBr. The van der Waals surface area contributed by atoms with Crippen LogP contribution >= 0.6 is 15.9 Å². The fourth-order valence-corrected chi connectivity index (χ4v) is 3.36. The first kappa shape index (κ1) is 12.2. The van der Waals surface area contributed by atoms with Crippen molar-refractivity contribution >= 4 is 21.7 Å². The molecule has 0 aromatic heterocycles. The van der Waals surface area contributed by atoms with Gasteiger partial charge in [0.1, 0.15) is 0 Å². The maximum absolute atomic E-state index is 12.1. The Bertz CT molecular complexity index is 470. The highest BCUT2D eigenvalue weighted by atomic mass is 79.9. The summed E-state index contributed by atoms with van der Waals surface area (Å²) in [6.07, 6.45) is 5.71. The van der Waals surface area contributed by atoms with E-state index in [0.29, 0.717) is 0 Å². The molecule has 0 unspecified atom stereocenters. The molecular formula is C14H16BrNO2. The van der Waals surface area contributed by atoms with Crippen molar-refractivity contribution in [3.05, 3.63) is 34.6 Å². The Morgan fingerprint density at radius 1 is 1.28 bits per heavy atom. The van der Waals surface area contributed by atoms with E-state index in [0.717, 1.165) is 55.7 Å². The number of ketones is 1. The summed E-state index contributed by atoms with van der Waals surface area (Å²) in [5.41, 5.74) is 4.70. The van der Waals surface area contributed by atoms with Gasteiger partial charge in [-0.05, 0) is 17.6 Å². The Kier molecular flexibility index (Phi) is 3.39. The van der Waals surface area contributed by atoms with E-state index in [1.807, 2.05) is 6.08 Å². The summed E-state index contributed by atoms with van der Waals surface area (Å²) in [5.74, 6) is 0.199. The summed E-state index contributed by atoms with van der Waals surface area (Å²) in [7, 11) is 0. The Labute approximate surface area is 115 Å². The molecule has 3 rings (SSSR count). The van der Waals surface area contributed by atoms with E-state index < -0.39 is 0 Å². The number of nitrogens with zero attached hydrogens (tertiary/aromatic N) is 1. The predicted octanol–water partition coefficient (Wildman–Crippen LogP) is 2.20. The standard InChI is InChI=1S/C14H16BrNO2/c15-9-10-1-2-12-13(10)7-11(8-14(12)17)16-3-5-18-6-4-16/h1,8H,2-7,9H2. The first-order valence-electron chi connectivity index (χ1n) is 6.34. The van der Waals surface area contributed by atoms with Crippen LogP contribution in [0.2, 0.25) is 0 Å². The van der Waals surface area contributed by atoms with Crippen LogP contribution in [0.5, 0.6) is 0 Å². The lowest BCUT2D eigenvalue weighted by Gasteiger charge is -2.33. The smallest absolute Gasteiger partial charge is 0.184 e. The van der Waals surface area contributed by atoms with E-state index >= 15 is 0 Å². The number of hydrogen-bond acceptors (Lipinski definition) is 3. The van der Waals surface area contributed by atoms with E-state index in [2.05, 4.69) is 26.9 Å². The third-order valence-corrected chi connectivity index (χ3v) is 4.42. The monoisotopic (exact) mass is 309 g/mol. The van der Waals surface area contributed by atoms with Crippen molar-refractivity contribution in [1.82, 2.24) is 4.90 Å². The van der Waals surface area contributed by atoms with Gasteiger partial charge >= 0.3 is 0 Å². The first-order valence-corrected chi connectivity index (χ1v) is 7.46. The molecule has 1 saturated heterocycles. The van der Waals surface area contributed by atoms with Crippen molar-refractivity contribution in [1.29, 1.82) is 0 Å². The lowest BCUT2D eigenvalue weighted by atomic mass is 9.92. The van der Waals surface area contributed by atoms with E-state index in [1.165, 1.54) is 11.1 Å². The van der Waals surface area contributed by atoms with Gasteiger partial charge in [-0.2, -0.15) is 0 Å². The predicted molar refractivity (Wildman–Crippen MR) is 73.6 cm³/mol. The van der Waals surface area contributed by atoms with Gasteiger partial charge in [-0.25, -0.2) is 0 Å². The van der Waals surface area contributed by atoms with E-state index in [-0.39, 0.29) is 5.78 Å². The van der Waals surface area contributed by atoms with Crippen LogP contribution in [0.25, 0.3) is 0 Å². The highest BCUT2D eigenvalue weighted by Crippen LogP contribution is 2.37. The summed E-state index contributed by atoms with van der Waals surface area (Å²) in [4.78, 5) is 14.4. The van der Waals surface area contributed by atoms with E-state index in [1.54, 1.807) is 0 Å². The van der Waals surface area contributed by atoms with Crippen molar-refractivity contribution < 1.29 is 9.53 Å². The van der Waals surface area contributed by atoms with Crippen LogP contribution in [-0.2, 0) is 9.53 Å². The minimum atomic E-state index is 0.199. The lowest BCUT2D eigenvalue weighted by molar-refractivity contribution is -0.111. The Balaban J connectivity index is 1.81. The molecule has 0 bridgehead atoms. The molecule has 0 aromatic rings. The number of hydrogen-bond donors (Lipinski definition) is 0. The van der Waals surface area contributed by atoms with Crippen molar-refractivity contribution in [2.45, 2.75) is 12.8 Å². The van der Waals surface area contributed by atoms with Crippen LogP contribution in [0.4, 0.5) is 0 Å². The zero-order valence-corrected chi connectivity index (χ0v) is 11.8. The van der Waals surface area contributed by atoms with Gasteiger partial charge in [0, 0.05) is 42.2 Å². The second-order valence-electron chi connectivity index (χ2n) is 4.80. The number of carbonyl (C=O) groups excluding carboxylic acids is 1. The molecule has 18 heavy (non-hydrogen) atoms. The summed E-state index contributed by atoms with van der Waals surface area (Å²) in [5, 5.41) is 0.843. The van der Waals surface area contributed by atoms with Crippen LogP contribution in [-0.4, -0.2) is 42.3 Å². The van der Waals surface area contributed by atoms with Crippen molar-refractivity contribution in [2.75, 3.05) is 31.6 Å². The molecule has 2 aliphatic carbocycles. The van der Waals surface area contributed by atoms with Gasteiger partial charge in [0.25, 0.3) is 0 Å². The van der Waals surface area contributed by atoms with Crippen LogP contribution in [0.1, 0.15) is 12.8 Å². The first-order chi connectivity index (χ1) is 8.79. The highest BCUT2D eigenvalue weighted by molar-refractivity contribution is 9.09. The lowest BCUT2D eigenvalue weighted by Crippen LogP contribution is -2.36. The third kappa shape index (κ3) is 2.08. The number of carbonyl (C=O) groups is 1. The molecule has 0 N–H and O–H groups in total. The molecule has 0 spiro atoms. The molecule has 96 valence electrons. The van der Waals surface area contributed by atoms with Gasteiger partial charge in [-0.15, -0.1) is 0 Å². The molecular weight excluding hydrogens is 294 g/mol. The van der Waals surface area contributed by atoms with E-state index in [9.17, 15) is 4.79 Å². The molecule has 0 radical (unpaired) electrons. The van der Waals surface area contributed by atoms with Crippen LogP contribution in [0.3, 0.4) is 0 Å². The minimum Gasteiger partial charge on any atom is -0.378 e. The molecule has 0 saturated carbocycles. The zero-order chi connectivity index (χ0) is 12.5. The molecule has 1 fully saturated rings. The molecule has 3 aliphatic rings. The molecule has 1 aliphatic heterocycles. The minimum absolute atomic E-state index is 0.199. The normalized spacial score (nSPS) is 24.1. The van der Waals surface area contributed by atoms with Crippen LogP contribution in [0, 0.1) is 0 Å². The average molecular weight is 310 g/mol. The number of allylic oxidation sites excluding steroid dienone is 5. The molecule has 0 amide bonds. The number of rotatable bonds is 2. The summed E-state index contributed by atoms with van der Waals surface area (Å²) in [6, 6.07) is 0. The number of halogens is 1. The number of morpholine rings is 1. The van der Waals surface area contributed by atoms with Crippen LogP contribution < -0.4 is 0 Å². The van der Waals surface area contributed by atoms with Gasteiger partial charge in [-0.3, -0.25) is 4.79 Å². The van der Waals surface area contributed by atoms with Gasteiger partial charge in [-0.1, -0.05) is 22.0 Å². The quantitative estimate of drug-likeness (QED) is 0.732. The molecule has 0 aromatic carbocycles. The van der Waals surface area contributed by atoms with Gasteiger partial charge < -0.3 is 9.64 Å². The summed E-state index contributed by atoms with van der Waals surface area (Å²) < 4.78 is 5.36. The number of ether oxygens (including phenoxy) is 1. The summed E-state index contributed by atoms with van der Waals surface area (Å²) >= 11 is 3.51. The van der Waals surface area contributed by atoms with Gasteiger partial charge in [0.05, 0.1) is 13.2 Å². The highest BCUT2D eigenvalue weighted by Gasteiger charge is 2.28. The third-order valence-electron chi connectivity index (χ3n) is 3.82. The van der Waals surface area contributed by atoms with Crippen molar-refractivity contribution in [3.8, 4) is 0 Å². The summed E-state index contributed by atoms with van der Waals surface area (Å²) in [6.45, 7) is 3.32. The number of alkyl halides is 1. The maximum Gasteiger partial charge on any atom is 0.184 e. The fraction of sp³-hybridized carbons (Fsp3) is 0.500. The Hall–Kier alpha value is -0.870. The van der Waals surface area contributed by atoms with Crippen molar-refractivity contribution in [2.24, 2.45) is 0 Å². The topological polar surface area (TPSA) is 29.5 Å². The molecule has 1 heterocycles. The van der Waals surface area contributed by atoms with Gasteiger partial charge in [0.15, 0.2) is 5.78 Å². The maximum atomic E-state index is 12.1. The van der Waals surface area contributed by atoms with E-state index in [4.69, 9.17) is 4.74 Å². The Morgan fingerprint density at radius 3 is 2.78 bits per heavy atom. The molecule has 4 heteroatoms. The van der Waals surface area contributed by atoms with Crippen molar-refractivity contribution in [3.63, 3.8) is 0 Å². The fourth-order valence-electron chi connectivity index (χ4n) is 2.79. The average Bonchev–Trinajstić information content (AvgIpc) is 2.83. The second kappa shape index (κ2) is 5.02. The van der Waals surface area contributed by atoms with Gasteiger partial charge in [0.2, 0.25) is 0 Å². The zero-order valence-electron chi connectivity index (χ0n) is 10.2. The second-order valence-corrected chi connectivity index (χ2v) is 5.36. The molecule has 0 atom stereocenters. The van der Waals surface area contributed by atoms with Crippen LogP contribution in [0.15, 0.2) is 34.6 Å². The largest absolute Gasteiger partial charge is 0.378 e.